The highest BCUT2D eigenvalue weighted by Gasteiger charge is 2.20. The highest BCUT2D eigenvalue weighted by molar-refractivity contribution is 5.76. The van der Waals surface area contributed by atoms with E-state index in [1.807, 2.05) is 0 Å². The predicted molar refractivity (Wildman–Crippen MR) is 296 cm³/mol. The number of amides is 1. The Morgan fingerprint density at radius 2 is 0.735 bits per heavy atom. The Bertz CT molecular complexity index is 1100. The van der Waals surface area contributed by atoms with Crippen LogP contribution in [0.2, 0.25) is 0 Å². The van der Waals surface area contributed by atoms with Gasteiger partial charge in [-0.1, -0.05) is 262 Å². The summed E-state index contributed by atoms with van der Waals surface area (Å²) in [6, 6.07) is -0.559. The van der Waals surface area contributed by atoms with Gasteiger partial charge in [-0.05, 0) is 83.5 Å². The fourth-order valence-corrected chi connectivity index (χ4v) is 9.27. The van der Waals surface area contributed by atoms with Gasteiger partial charge in [-0.15, -0.1) is 0 Å². The van der Waals surface area contributed by atoms with E-state index >= 15 is 0 Å². The van der Waals surface area contributed by atoms with E-state index in [1.54, 1.807) is 0 Å². The maximum Gasteiger partial charge on any atom is 0.305 e. The van der Waals surface area contributed by atoms with Gasteiger partial charge in [-0.2, -0.15) is 0 Å². The fourth-order valence-electron chi connectivity index (χ4n) is 9.27. The second kappa shape index (κ2) is 57.7. The summed E-state index contributed by atoms with van der Waals surface area (Å²) in [6.45, 7) is 4.91. The van der Waals surface area contributed by atoms with Gasteiger partial charge in [0.2, 0.25) is 5.91 Å². The lowest BCUT2D eigenvalue weighted by Crippen LogP contribution is -2.45. The summed E-state index contributed by atoms with van der Waals surface area (Å²) in [5.41, 5.74) is 0. The van der Waals surface area contributed by atoms with Crippen LogP contribution in [0.25, 0.3) is 0 Å². The summed E-state index contributed by atoms with van der Waals surface area (Å²) >= 11 is 0. The molecular formula is C62H117NO5. The van der Waals surface area contributed by atoms with E-state index < -0.39 is 12.1 Å². The highest BCUT2D eigenvalue weighted by atomic mass is 16.5. The van der Waals surface area contributed by atoms with E-state index in [0.29, 0.717) is 25.9 Å². The molecule has 0 aliphatic heterocycles. The van der Waals surface area contributed by atoms with Crippen LogP contribution in [0, 0.1) is 0 Å². The van der Waals surface area contributed by atoms with Crippen molar-refractivity contribution in [1.82, 2.24) is 5.32 Å². The number of hydrogen-bond donors (Lipinski definition) is 3. The minimum absolute atomic E-state index is 0.0246. The molecule has 0 bridgehead atoms. The van der Waals surface area contributed by atoms with Gasteiger partial charge >= 0.3 is 5.97 Å². The number of ether oxygens (including phenoxy) is 1. The van der Waals surface area contributed by atoms with Crippen LogP contribution in [0.1, 0.15) is 322 Å². The molecule has 0 heterocycles. The molecule has 0 aliphatic rings. The van der Waals surface area contributed by atoms with Crippen LogP contribution in [-0.2, 0) is 14.3 Å². The van der Waals surface area contributed by atoms with Gasteiger partial charge in [-0.25, -0.2) is 0 Å². The molecule has 6 heteroatoms. The Hall–Kier alpha value is -1.92. The van der Waals surface area contributed by atoms with Gasteiger partial charge in [0.15, 0.2) is 0 Å². The van der Waals surface area contributed by atoms with Crippen molar-refractivity contribution in [3.63, 3.8) is 0 Å². The molecular weight excluding hydrogens is 839 g/mol. The Kier molecular flexibility index (Phi) is 56.0. The van der Waals surface area contributed by atoms with E-state index in [2.05, 4.69) is 55.6 Å². The molecule has 400 valence electrons. The molecule has 0 aromatic heterocycles. The lowest BCUT2D eigenvalue weighted by Gasteiger charge is -2.22. The summed E-state index contributed by atoms with van der Waals surface area (Å²) in [7, 11) is 0. The topological polar surface area (TPSA) is 95.9 Å². The summed E-state index contributed by atoms with van der Waals surface area (Å²) in [5.74, 6) is -0.0802. The van der Waals surface area contributed by atoms with Gasteiger partial charge in [0.05, 0.1) is 25.4 Å². The lowest BCUT2D eigenvalue weighted by molar-refractivity contribution is -0.143. The molecule has 6 nitrogen and oxygen atoms in total. The van der Waals surface area contributed by atoms with E-state index in [1.165, 1.54) is 212 Å². The zero-order chi connectivity index (χ0) is 49.3. The molecule has 0 saturated carbocycles. The number of hydrogen-bond acceptors (Lipinski definition) is 5. The standard InChI is InChI=1S/C62H117NO5/c1-3-5-7-9-11-13-15-17-19-21-22-24-26-30-34-38-42-46-50-54-60(65)59(58-64)63-61(66)55-51-47-43-39-35-31-27-25-29-33-37-41-45-49-53-57-68-62(67)56-52-48-44-40-36-32-28-23-20-18-16-14-12-10-8-6-4-2/h18,20,25,29,33,37,59-60,64-65H,3-17,19,21-24,26-28,30-32,34-36,38-58H2,1-2H3,(H,63,66)/b20-18-,29-25-,37-33-. The van der Waals surface area contributed by atoms with E-state index in [9.17, 15) is 19.8 Å². The molecule has 2 atom stereocenters. The quantitative estimate of drug-likeness (QED) is 0.0244. The zero-order valence-electron chi connectivity index (χ0n) is 45.6. The highest BCUT2D eigenvalue weighted by Crippen LogP contribution is 2.17. The first-order valence-electron chi connectivity index (χ1n) is 30.3. The SMILES string of the molecule is CCCCCCCC/C=C\CCCCCCCCCC(=O)OCCCCC/C=C\C=C/CCCCCCCCC(=O)NC(CO)C(O)CCCCCCCCCCCCCCCCCCCCC. The molecule has 1 amide bonds. The third-order valence-corrected chi connectivity index (χ3v) is 13.9. The Morgan fingerprint density at radius 3 is 1.13 bits per heavy atom. The van der Waals surface area contributed by atoms with Crippen LogP contribution >= 0.6 is 0 Å². The van der Waals surface area contributed by atoms with Crippen molar-refractivity contribution in [3.8, 4) is 0 Å². The lowest BCUT2D eigenvalue weighted by atomic mass is 10.0. The molecule has 0 aromatic carbocycles. The first kappa shape index (κ1) is 66.1. The van der Waals surface area contributed by atoms with E-state index in [-0.39, 0.29) is 18.5 Å². The second-order valence-electron chi connectivity index (χ2n) is 20.7. The molecule has 0 radical (unpaired) electrons. The van der Waals surface area contributed by atoms with Crippen LogP contribution < -0.4 is 5.32 Å². The van der Waals surface area contributed by atoms with Crippen LogP contribution in [0.3, 0.4) is 0 Å². The van der Waals surface area contributed by atoms with Crippen molar-refractivity contribution in [1.29, 1.82) is 0 Å². The summed E-state index contributed by atoms with van der Waals surface area (Å²) in [5, 5.41) is 23.3. The van der Waals surface area contributed by atoms with Crippen LogP contribution in [-0.4, -0.2) is 47.4 Å². The summed E-state index contributed by atoms with van der Waals surface area (Å²) in [4.78, 5) is 24.6. The van der Waals surface area contributed by atoms with Crippen molar-refractivity contribution in [2.75, 3.05) is 13.2 Å². The molecule has 68 heavy (non-hydrogen) atoms. The van der Waals surface area contributed by atoms with Crippen LogP contribution in [0.4, 0.5) is 0 Å². The fraction of sp³-hybridized carbons (Fsp3) is 0.871. The van der Waals surface area contributed by atoms with Crippen LogP contribution in [0.5, 0.6) is 0 Å². The number of nitrogens with one attached hydrogen (secondary N) is 1. The van der Waals surface area contributed by atoms with Gasteiger partial charge in [0, 0.05) is 12.8 Å². The van der Waals surface area contributed by atoms with Gasteiger partial charge in [-0.3, -0.25) is 9.59 Å². The molecule has 0 spiro atoms. The van der Waals surface area contributed by atoms with Crippen LogP contribution in [0.15, 0.2) is 36.5 Å². The molecule has 3 N–H and O–H groups in total. The second-order valence-corrected chi connectivity index (χ2v) is 20.7. The first-order valence-corrected chi connectivity index (χ1v) is 30.3. The molecule has 0 aliphatic carbocycles. The number of rotatable bonds is 56. The number of carbonyl (C=O) groups is 2. The normalized spacial score (nSPS) is 12.8. The van der Waals surface area contributed by atoms with Crippen molar-refractivity contribution in [3.05, 3.63) is 36.5 Å². The third-order valence-electron chi connectivity index (χ3n) is 13.9. The van der Waals surface area contributed by atoms with Crippen molar-refractivity contribution in [2.45, 2.75) is 334 Å². The molecule has 0 rings (SSSR count). The number of carbonyl (C=O) groups excluding carboxylic acids is 2. The molecule has 0 saturated heterocycles. The zero-order valence-corrected chi connectivity index (χ0v) is 45.6. The minimum atomic E-state index is -0.680. The third kappa shape index (κ3) is 53.4. The number of allylic oxidation sites excluding steroid dienone is 6. The number of esters is 1. The van der Waals surface area contributed by atoms with Gasteiger partial charge in [0.25, 0.3) is 0 Å². The Labute approximate surface area is 424 Å². The number of unbranched alkanes of at least 4 members (excludes halogenated alkanes) is 40. The first-order chi connectivity index (χ1) is 33.5. The van der Waals surface area contributed by atoms with Gasteiger partial charge < -0.3 is 20.3 Å². The van der Waals surface area contributed by atoms with E-state index in [0.717, 1.165) is 77.0 Å². The smallest absolute Gasteiger partial charge is 0.305 e. The van der Waals surface area contributed by atoms with Gasteiger partial charge in [0.1, 0.15) is 0 Å². The molecule has 0 aromatic rings. The largest absolute Gasteiger partial charge is 0.466 e. The minimum Gasteiger partial charge on any atom is -0.466 e. The van der Waals surface area contributed by atoms with Crippen molar-refractivity contribution < 1.29 is 24.5 Å². The Morgan fingerprint density at radius 1 is 0.412 bits per heavy atom. The monoisotopic (exact) mass is 956 g/mol. The Balaban J connectivity index is 3.51. The van der Waals surface area contributed by atoms with E-state index in [4.69, 9.17) is 4.74 Å². The average Bonchev–Trinajstić information content (AvgIpc) is 3.34. The maximum atomic E-state index is 12.5. The number of aliphatic hydroxyl groups is 2. The number of aliphatic hydroxyl groups excluding tert-OH is 2. The molecule has 2 unspecified atom stereocenters. The predicted octanol–water partition coefficient (Wildman–Crippen LogP) is 18.8. The summed E-state index contributed by atoms with van der Waals surface area (Å²) < 4.78 is 5.46. The average molecular weight is 957 g/mol. The summed E-state index contributed by atoms with van der Waals surface area (Å²) in [6.07, 6.45) is 71.4. The van der Waals surface area contributed by atoms with Crippen molar-refractivity contribution >= 4 is 11.9 Å². The molecule has 0 fully saturated rings. The maximum absolute atomic E-state index is 12.5. The van der Waals surface area contributed by atoms with Crippen molar-refractivity contribution in [2.24, 2.45) is 0 Å².